The van der Waals surface area contributed by atoms with E-state index in [0.717, 1.165) is 0 Å². The first-order valence-corrected chi connectivity index (χ1v) is 15.9. The second-order valence-corrected chi connectivity index (χ2v) is 17.5. The van der Waals surface area contributed by atoms with Crippen molar-refractivity contribution >= 4 is 17.9 Å². The van der Waals surface area contributed by atoms with Gasteiger partial charge >= 0.3 is 17.9 Å². The molecule has 43 heavy (non-hydrogen) atoms. The maximum absolute atomic E-state index is 13.7. The number of rotatable bonds is 8. The number of carbonyl (C=O) groups excluding carboxylic acids is 3. The molecule has 0 aromatic heterocycles. The predicted octanol–water partition coefficient (Wildman–Crippen LogP) is 4.05. The highest BCUT2D eigenvalue weighted by Gasteiger charge is 2.49. The molecule has 3 saturated heterocycles. The third kappa shape index (κ3) is 10.7. The highest BCUT2D eigenvalue weighted by atomic mass is 16.6. The van der Waals surface area contributed by atoms with E-state index in [-0.39, 0.29) is 33.2 Å². The van der Waals surface area contributed by atoms with Crippen LogP contribution in [0.4, 0.5) is 0 Å². The summed E-state index contributed by atoms with van der Waals surface area (Å²) in [5.74, 6) is -2.50. The first-order valence-electron chi connectivity index (χ1n) is 15.9. The largest absolute Gasteiger partial charge is 0.462 e. The Hall–Kier alpha value is -1.75. The van der Waals surface area contributed by atoms with Crippen molar-refractivity contribution in [1.29, 1.82) is 0 Å². The summed E-state index contributed by atoms with van der Waals surface area (Å²) in [6.45, 7) is 24.5. The quantitative estimate of drug-likeness (QED) is 0.236. The van der Waals surface area contributed by atoms with Gasteiger partial charge in [-0.3, -0.25) is 9.59 Å². The van der Waals surface area contributed by atoms with Gasteiger partial charge in [0.25, 0.3) is 0 Å². The summed E-state index contributed by atoms with van der Waals surface area (Å²) >= 11 is 0. The molecule has 3 heterocycles. The Morgan fingerprint density at radius 2 is 0.767 bits per heavy atom. The van der Waals surface area contributed by atoms with Gasteiger partial charge in [0, 0.05) is 71.8 Å². The minimum absolute atomic E-state index is 0.267. The lowest BCUT2D eigenvalue weighted by Crippen LogP contribution is -2.61. The second-order valence-electron chi connectivity index (χ2n) is 17.5. The Morgan fingerprint density at radius 3 is 1.02 bits per heavy atom. The van der Waals surface area contributed by atoms with Crippen molar-refractivity contribution in [2.75, 3.05) is 0 Å². The molecule has 3 aliphatic heterocycles. The van der Waals surface area contributed by atoms with Gasteiger partial charge < -0.3 is 35.3 Å². The standard InChI is InChI=1S/C33H59N3O7/c1-27(2)13-21(14-28(3,4)34-27)41-24(37)19-33(40,26(39)43-23-17-31(9,10)36-32(11,12)18-23)20-25(38)42-22-15-29(5,6)35-30(7,8)16-22/h21-23,34-36,40H,13-20H2,1-12H3. The summed E-state index contributed by atoms with van der Waals surface area (Å²) in [6.07, 6.45) is 0.626. The van der Waals surface area contributed by atoms with Crippen molar-refractivity contribution in [2.24, 2.45) is 0 Å². The van der Waals surface area contributed by atoms with Gasteiger partial charge in [0.1, 0.15) is 18.3 Å². The molecule has 0 atom stereocenters. The normalized spacial score (nSPS) is 26.7. The van der Waals surface area contributed by atoms with Crippen LogP contribution >= 0.6 is 0 Å². The van der Waals surface area contributed by atoms with Crippen LogP contribution in [-0.4, -0.2) is 80.2 Å². The zero-order valence-electron chi connectivity index (χ0n) is 28.8. The first kappa shape index (κ1) is 35.7. The smallest absolute Gasteiger partial charge is 0.339 e. The Kier molecular flexibility index (Phi) is 9.87. The van der Waals surface area contributed by atoms with Gasteiger partial charge in [0.05, 0.1) is 12.8 Å². The van der Waals surface area contributed by atoms with E-state index < -0.39 is 54.7 Å². The van der Waals surface area contributed by atoms with E-state index >= 15 is 0 Å². The van der Waals surface area contributed by atoms with Crippen molar-refractivity contribution in [3.05, 3.63) is 0 Å². The van der Waals surface area contributed by atoms with E-state index in [1.165, 1.54) is 0 Å². The monoisotopic (exact) mass is 609 g/mol. The predicted molar refractivity (Wildman–Crippen MR) is 165 cm³/mol. The fraction of sp³-hybridized carbons (Fsp3) is 0.909. The van der Waals surface area contributed by atoms with Gasteiger partial charge in [-0.2, -0.15) is 0 Å². The summed E-state index contributed by atoms with van der Waals surface area (Å²) in [4.78, 5) is 40.3. The van der Waals surface area contributed by atoms with Gasteiger partial charge in [-0.05, 0) is 83.1 Å². The van der Waals surface area contributed by atoms with Crippen molar-refractivity contribution in [3.63, 3.8) is 0 Å². The molecular weight excluding hydrogens is 550 g/mol. The molecule has 3 aliphatic rings. The molecule has 0 aromatic rings. The third-order valence-electron chi connectivity index (χ3n) is 8.58. The molecule has 0 saturated carbocycles. The van der Waals surface area contributed by atoms with Gasteiger partial charge in [0.2, 0.25) is 0 Å². The molecular formula is C33H59N3O7. The number of nitrogens with one attached hydrogen (secondary N) is 3. The molecule has 0 bridgehead atoms. The van der Waals surface area contributed by atoms with Gasteiger partial charge in [0.15, 0.2) is 5.60 Å². The lowest BCUT2D eigenvalue weighted by atomic mass is 9.80. The summed E-state index contributed by atoms with van der Waals surface area (Å²) in [6, 6.07) is 0. The number of hydrogen-bond donors (Lipinski definition) is 4. The average molecular weight is 610 g/mol. The summed E-state index contributed by atoms with van der Waals surface area (Å²) < 4.78 is 17.5. The van der Waals surface area contributed by atoms with Crippen LogP contribution in [0.5, 0.6) is 0 Å². The highest BCUT2D eigenvalue weighted by Crippen LogP contribution is 2.35. The summed E-state index contributed by atoms with van der Waals surface area (Å²) in [5.41, 5.74) is -4.12. The number of aliphatic hydroxyl groups is 1. The Bertz CT molecular complexity index is 961. The van der Waals surface area contributed by atoms with Crippen LogP contribution in [0.15, 0.2) is 0 Å². The van der Waals surface area contributed by atoms with E-state index in [2.05, 4.69) is 16.0 Å². The number of carbonyl (C=O) groups is 3. The molecule has 0 unspecified atom stereocenters. The number of esters is 3. The molecule has 3 fully saturated rings. The van der Waals surface area contributed by atoms with Crippen molar-refractivity contribution in [1.82, 2.24) is 16.0 Å². The molecule has 0 amide bonds. The molecule has 3 rings (SSSR count). The van der Waals surface area contributed by atoms with Crippen LogP contribution in [0, 0.1) is 0 Å². The van der Waals surface area contributed by atoms with Crippen molar-refractivity contribution in [2.45, 2.75) is 192 Å². The number of piperidine rings is 3. The fourth-order valence-corrected chi connectivity index (χ4v) is 8.34. The van der Waals surface area contributed by atoms with Crippen molar-refractivity contribution < 1.29 is 33.7 Å². The third-order valence-corrected chi connectivity index (χ3v) is 8.58. The van der Waals surface area contributed by atoms with Crippen LogP contribution in [0.1, 0.15) is 134 Å². The molecule has 248 valence electrons. The van der Waals surface area contributed by atoms with Crippen LogP contribution in [-0.2, 0) is 28.6 Å². The summed E-state index contributed by atoms with van der Waals surface area (Å²) in [5, 5.41) is 22.4. The Balaban J connectivity index is 1.78. The zero-order valence-corrected chi connectivity index (χ0v) is 28.8. The Morgan fingerprint density at radius 1 is 0.535 bits per heavy atom. The number of hydrogen-bond acceptors (Lipinski definition) is 10. The number of ether oxygens (including phenoxy) is 3. The minimum atomic E-state index is -2.43. The molecule has 0 radical (unpaired) electrons. The van der Waals surface area contributed by atoms with Crippen molar-refractivity contribution in [3.8, 4) is 0 Å². The van der Waals surface area contributed by atoms with Crippen LogP contribution in [0.25, 0.3) is 0 Å². The minimum Gasteiger partial charge on any atom is -0.462 e. The highest BCUT2D eigenvalue weighted by molar-refractivity contribution is 5.90. The molecule has 10 heteroatoms. The van der Waals surface area contributed by atoms with E-state index in [1.54, 1.807) is 0 Å². The van der Waals surface area contributed by atoms with E-state index in [0.29, 0.717) is 38.5 Å². The summed E-state index contributed by atoms with van der Waals surface area (Å²) in [7, 11) is 0. The lowest BCUT2D eigenvalue weighted by molar-refractivity contribution is -0.188. The van der Waals surface area contributed by atoms with Gasteiger partial charge in [-0.1, -0.05) is 0 Å². The average Bonchev–Trinajstić information content (AvgIpc) is 2.65. The van der Waals surface area contributed by atoms with E-state index in [1.807, 2.05) is 83.1 Å². The first-order chi connectivity index (χ1) is 19.2. The SMILES string of the molecule is CC1(C)CC(OC(=O)CC(O)(CC(=O)OC2CC(C)(C)NC(C)(C)C2)C(=O)OC2CC(C)(C)NC(C)(C)C2)CC(C)(C)N1. The Labute approximate surface area is 259 Å². The zero-order chi connectivity index (χ0) is 32.9. The van der Waals surface area contributed by atoms with Gasteiger partial charge in [-0.15, -0.1) is 0 Å². The second kappa shape index (κ2) is 11.9. The van der Waals surface area contributed by atoms with Crippen LogP contribution in [0.2, 0.25) is 0 Å². The molecule has 4 N–H and O–H groups in total. The molecule has 0 spiro atoms. The van der Waals surface area contributed by atoms with E-state index in [4.69, 9.17) is 14.2 Å². The maximum atomic E-state index is 13.7. The van der Waals surface area contributed by atoms with Gasteiger partial charge in [-0.25, -0.2) is 4.79 Å². The topological polar surface area (TPSA) is 135 Å². The maximum Gasteiger partial charge on any atom is 0.339 e. The lowest BCUT2D eigenvalue weighted by Gasteiger charge is -2.46. The molecule has 0 aliphatic carbocycles. The van der Waals surface area contributed by atoms with Crippen LogP contribution in [0.3, 0.4) is 0 Å². The molecule has 0 aromatic carbocycles. The fourth-order valence-electron chi connectivity index (χ4n) is 8.34. The van der Waals surface area contributed by atoms with Crippen LogP contribution < -0.4 is 16.0 Å². The molecule has 10 nitrogen and oxygen atoms in total. The van der Waals surface area contributed by atoms with E-state index in [9.17, 15) is 19.5 Å².